The fourth-order valence-electron chi connectivity index (χ4n) is 6.48. The number of nitrogens with one attached hydrogen (secondary N) is 1. The Hall–Kier alpha value is -1.79. The predicted octanol–water partition coefficient (Wildman–Crippen LogP) is 3.08. The van der Waals surface area contributed by atoms with E-state index in [0.717, 1.165) is 24.8 Å². The van der Waals surface area contributed by atoms with E-state index < -0.39 is 0 Å². The maximum atomic E-state index is 12.4. The van der Waals surface area contributed by atoms with E-state index in [1.54, 1.807) is 14.2 Å². The largest absolute Gasteiger partial charge is 0.493 e. The van der Waals surface area contributed by atoms with Crippen molar-refractivity contribution >= 4 is 5.91 Å². The predicted molar refractivity (Wildman–Crippen MR) is 109 cm³/mol. The Labute approximate surface area is 172 Å². The molecule has 5 atom stereocenters. The Morgan fingerprint density at radius 3 is 2.72 bits per heavy atom. The highest BCUT2D eigenvalue weighted by molar-refractivity contribution is 5.76. The second-order valence-corrected chi connectivity index (χ2v) is 9.43. The third-order valence-electron chi connectivity index (χ3n) is 7.89. The first-order valence-electron chi connectivity index (χ1n) is 10.6. The molecular weight excluding hydrogens is 370 g/mol. The van der Waals surface area contributed by atoms with E-state index in [9.17, 15) is 9.90 Å². The van der Waals surface area contributed by atoms with Gasteiger partial charge in [0.2, 0.25) is 5.91 Å². The van der Waals surface area contributed by atoms with Crippen LogP contribution in [0.25, 0.3) is 0 Å². The number of ether oxygens (including phenoxy) is 3. The molecule has 1 unspecified atom stereocenters. The minimum Gasteiger partial charge on any atom is -0.493 e. The van der Waals surface area contributed by atoms with Crippen molar-refractivity contribution in [2.24, 2.45) is 22.7 Å². The van der Waals surface area contributed by atoms with Gasteiger partial charge < -0.3 is 24.6 Å². The van der Waals surface area contributed by atoms with Gasteiger partial charge in [-0.3, -0.25) is 4.79 Å². The van der Waals surface area contributed by atoms with Crippen molar-refractivity contribution in [3.63, 3.8) is 0 Å². The molecule has 1 aliphatic heterocycles. The standard InChI is InChI=1S/C23H33NO5/c1-22(2)15-12-16-20(14-5-6-17(27-3)18(11-14)28-4)29-10-8-23(16,13-15)21(22)24-19(26)7-9-25/h5-6,11,15-16,20-21,25H,7-10,12-13H2,1-4H3,(H,24,26)/t15-,16-,20-,21+,23?/m1/s1. The Bertz CT molecular complexity index is 779. The van der Waals surface area contributed by atoms with Gasteiger partial charge in [0.25, 0.3) is 0 Å². The maximum Gasteiger partial charge on any atom is 0.222 e. The molecule has 0 aromatic heterocycles. The summed E-state index contributed by atoms with van der Waals surface area (Å²) in [4.78, 5) is 12.4. The van der Waals surface area contributed by atoms with Crippen LogP contribution in [0.2, 0.25) is 0 Å². The van der Waals surface area contributed by atoms with Crippen LogP contribution in [0.3, 0.4) is 0 Å². The highest BCUT2D eigenvalue weighted by atomic mass is 16.5. The fourth-order valence-corrected chi connectivity index (χ4v) is 6.48. The van der Waals surface area contributed by atoms with E-state index >= 15 is 0 Å². The lowest BCUT2D eigenvalue weighted by Gasteiger charge is -2.53. The molecule has 29 heavy (non-hydrogen) atoms. The summed E-state index contributed by atoms with van der Waals surface area (Å²) >= 11 is 0. The monoisotopic (exact) mass is 403 g/mol. The van der Waals surface area contributed by atoms with Crippen LogP contribution in [-0.4, -0.2) is 44.5 Å². The maximum absolute atomic E-state index is 12.4. The van der Waals surface area contributed by atoms with Gasteiger partial charge in [-0.05, 0) is 59.6 Å². The van der Waals surface area contributed by atoms with E-state index in [1.165, 1.54) is 0 Å². The third kappa shape index (κ3) is 3.12. The lowest BCUT2D eigenvalue weighted by Crippen LogP contribution is -2.59. The van der Waals surface area contributed by atoms with Crippen LogP contribution >= 0.6 is 0 Å². The zero-order valence-corrected chi connectivity index (χ0v) is 17.9. The lowest BCUT2D eigenvalue weighted by molar-refractivity contribution is -0.137. The summed E-state index contributed by atoms with van der Waals surface area (Å²) in [6.07, 6.45) is 3.35. The number of methoxy groups -OCH3 is 2. The number of benzene rings is 1. The average molecular weight is 404 g/mol. The topological polar surface area (TPSA) is 77.0 Å². The van der Waals surface area contributed by atoms with E-state index in [1.807, 2.05) is 12.1 Å². The zero-order valence-electron chi connectivity index (χ0n) is 17.9. The first-order valence-corrected chi connectivity index (χ1v) is 10.6. The van der Waals surface area contributed by atoms with E-state index in [4.69, 9.17) is 14.2 Å². The molecule has 2 N–H and O–H groups in total. The van der Waals surface area contributed by atoms with Crippen molar-refractivity contribution in [2.75, 3.05) is 27.4 Å². The van der Waals surface area contributed by atoms with Crippen molar-refractivity contribution < 1.29 is 24.1 Å². The molecule has 6 nitrogen and oxygen atoms in total. The SMILES string of the molecule is COc1ccc([C@H]2OCCC34C[C@@H](C[C@H]23)C(C)(C)[C@@H]4NC(=O)CCO)cc1OC. The lowest BCUT2D eigenvalue weighted by atomic mass is 9.59. The van der Waals surface area contributed by atoms with E-state index in [-0.39, 0.29) is 41.9 Å². The van der Waals surface area contributed by atoms with E-state index in [2.05, 4.69) is 25.2 Å². The number of fused-ring (bicyclic) bond motifs is 1. The van der Waals surface area contributed by atoms with E-state index in [0.29, 0.717) is 29.9 Å². The van der Waals surface area contributed by atoms with Gasteiger partial charge >= 0.3 is 0 Å². The molecule has 1 heterocycles. The Morgan fingerprint density at radius 1 is 1.28 bits per heavy atom. The minimum absolute atomic E-state index is 0.0121. The molecule has 2 saturated carbocycles. The fraction of sp³-hybridized carbons (Fsp3) is 0.696. The van der Waals surface area contributed by atoms with Crippen LogP contribution in [0.1, 0.15) is 51.2 Å². The molecule has 3 fully saturated rings. The zero-order chi connectivity index (χ0) is 20.8. The Balaban J connectivity index is 1.66. The summed E-state index contributed by atoms with van der Waals surface area (Å²) in [5.41, 5.74) is 1.19. The van der Waals surface area contributed by atoms with Crippen molar-refractivity contribution in [3.8, 4) is 11.5 Å². The number of amides is 1. The molecule has 1 aromatic carbocycles. The summed E-state index contributed by atoms with van der Waals surface area (Å²) < 4.78 is 17.2. The van der Waals surface area contributed by atoms with Crippen LogP contribution in [-0.2, 0) is 9.53 Å². The molecule has 160 valence electrons. The van der Waals surface area contributed by atoms with Gasteiger partial charge in [0.1, 0.15) is 0 Å². The molecule has 2 aliphatic carbocycles. The second-order valence-electron chi connectivity index (χ2n) is 9.43. The molecule has 6 heteroatoms. The van der Waals surface area contributed by atoms with Crippen LogP contribution in [0.5, 0.6) is 11.5 Å². The van der Waals surface area contributed by atoms with Crippen LogP contribution in [0.4, 0.5) is 0 Å². The highest BCUT2D eigenvalue weighted by Gasteiger charge is 2.68. The number of hydrogen-bond donors (Lipinski definition) is 2. The molecule has 0 radical (unpaired) electrons. The quantitative estimate of drug-likeness (QED) is 0.763. The molecule has 1 saturated heterocycles. The first-order chi connectivity index (χ1) is 13.9. The van der Waals surface area contributed by atoms with Crippen LogP contribution in [0.15, 0.2) is 18.2 Å². The molecular formula is C23H33NO5. The average Bonchev–Trinajstić information content (AvgIpc) is 3.20. The normalized spacial score (nSPS) is 34.5. The van der Waals surface area contributed by atoms with Gasteiger partial charge in [-0.15, -0.1) is 0 Å². The van der Waals surface area contributed by atoms with Crippen LogP contribution in [0, 0.1) is 22.7 Å². The minimum atomic E-state index is -0.115. The number of carbonyl (C=O) groups is 1. The smallest absolute Gasteiger partial charge is 0.222 e. The molecule has 2 bridgehead atoms. The summed E-state index contributed by atoms with van der Waals surface area (Å²) in [5, 5.41) is 12.5. The first kappa shape index (κ1) is 20.5. The highest BCUT2D eigenvalue weighted by Crippen LogP contribution is 2.70. The van der Waals surface area contributed by atoms with Crippen molar-refractivity contribution in [1.29, 1.82) is 0 Å². The van der Waals surface area contributed by atoms with Gasteiger partial charge in [0.05, 0.1) is 26.9 Å². The van der Waals surface area contributed by atoms with Gasteiger partial charge in [-0.25, -0.2) is 0 Å². The Morgan fingerprint density at radius 2 is 2.03 bits per heavy atom. The molecule has 1 amide bonds. The summed E-state index contributed by atoms with van der Waals surface area (Å²) in [6, 6.07) is 6.14. The summed E-state index contributed by atoms with van der Waals surface area (Å²) in [5.74, 6) is 2.28. The van der Waals surface area contributed by atoms with Gasteiger partial charge in [-0.1, -0.05) is 19.9 Å². The summed E-state index contributed by atoms with van der Waals surface area (Å²) in [7, 11) is 3.29. The number of rotatable bonds is 6. The number of aliphatic hydroxyl groups excluding tert-OH is 1. The van der Waals surface area contributed by atoms with Crippen molar-refractivity contribution in [2.45, 2.75) is 51.7 Å². The van der Waals surface area contributed by atoms with Crippen molar-refractivity contribution in [1.82, 2.24) is 5.32 Å². The van der Waals surface area contributed by atoms with Crippen molar-refractivity contribution in [3.05, 3.63) is 23.8 Å². The Kier molecular flexibility index (Phi) is 5.28. The third-order valence-corrected chi connectivity index (χ3v) is 7.89. The number of aliphatic hydroxyl groups is 1. The van der Waals surface area contributed by atoms with Gasteiger partial charge in [0, 0.05) is 19.1 Å². The van der Waals surface area contributed by atoms with Gasteiger partial charge in [-0.2, -0.15) is 0 Å². The number of carbonyl (C=O) groups excluding carboxylic acids is 1. The number of hydrogen-bond acceptors (Lipinski definition) is 5. The molecule has 1 aromatic rings. The second kappa shape index (κ2) is 7.47. The van der Waals surface area contributed by atoms with Crippen LogP contribution < -0.4 is 14.8 Å². The molecule has 3 aliphatic rings. The molecule has 1 spiro atoms. The van der Waals surface area contributed by atoms with Gasteiger partial charge in [0.15, 0.2) is 11.5 Å². The summed E-state index contributed by atoms with van der Waals surface area (Å²) in [6.45, 7) is 5.14. The molecule has 4 rings (SSSR count).